The maximum absolute atomic E-state index is 12.1. The molecule has 25 heavy (non-hydrogen) atoms. The molecule has 1 amide bonds. The molecule has 1 fully saturated rings. The fraction of sp³-hybridized carbons (Fsp3) is 0.263. The first-order chi connectivity index (χ1) is 12.0. The summed E-state index contributed by atoms with van der Waals surface area (Å²) >= 11 is 7.43. The van der Waals surface area contributed by atoms with Crippen molar-refractivity contribution in [2.45, 2.75) is 23.1 Å². The highest BCUT2D eigenvalue weighted by Crippen LogP contribution is 2.38. The summed E-state index contributed by atoms with van der Waals surface area (Å²) in [7, 11) is 0. The molecule has 130 valence electrons. The van der Waals surface area contributed by atoms with Crippen LogP contribution in [-0.4, -0.2) is 18.5 Å². The van der Waals surface area contributed by atoms with Gasteiger partial charge in [-0.25, -0.2) is 0 Å². The summed E-state index contributed by atoms with van der Waals surface area (Å²) in [4.78, 5) is 25.7. The topological polar surface area (TPSA) is 55.4 Å². The Bertz CT molecular complexity index is 778. The lowest BCUT2D eigenvalue weighted by molar-refractivity contribution is -0.148. The molecule has 0 bridgehead atoms. The number of hydrogen-bond acceptors (Lipinski definition) is 4. The molecule has 2 aromatic rings. The van der Waals surface area contributed by atoms with Gasteiger partial charge < -0.3 is 10.1 Å². The molecule has 0 heterocycles. The summed E-state index contributed by atoms with van der Waals surface area (Å²) in [5.41, 5.74) is 0.684. The van der Waals surface area contributed by atoms with Crippen molar-refractivity contribution in [3.63, 3.8) is 0 Å². The van der Waals surface area contributed by atoms with Crippen molar-refractivity contribution >= 4 is 40.9 Å². The van der Waals surface area contributed by atoms with E-state index in [0.717, 1.165) is 16.2 Å². The van der Waals surface area contributed by atoms with Gasteiger partial charge in [0.2, 0.25) is 0 Å². The highest BCUT2D eigenvalue weighted by atomic mass is 35.5. The van der Waals surface area contributed by atoms with E-state index in [0.29, 0.717) is 16.6 Å². The first kappa shape index (κ1) is 17.8. The highest BCUT2D eigenvalue weighted by molar-refractivity contribution is 7.99. The summed E-state index contributed by atoms with van der Waals surface area (Å²) in [5, 5.41) is 3.48. The molecule has 0 unspecified atom stereocenters. The number of anilines is 1. The zero-order valence-electron chi connectivity index (χ0n) is 13.7. The minimum absolute atomic E-state index is 0.0412. The van der Waals surface area contributed by atoms with E-state index >= 15 is 0 Å². The summed E-state index contributed by atoms with van der Waals surface area (Å²) in [6, 6.07) is 15.0. The fourth-order valence-electron chi connectivity index (χ4n) is 2.37. The van der Waals surface area contributed by atoms with E-state index in [1.165, 1.54) is 11.8 Å². The van der Waals surface area contributed by atoms with Crippen molar-refractivity contribution in [2.24, 2.45) is 11.8 Å². The van der Waals surface area contributed by atoms with Crippen LogP contribution in [0.2, 0.25) is 5.02 Å². The second-order valence-electron chi connectivity index (χ2n) is 6.03. The molecule has 1 saturated carbocycles. The van der Waals surface area contributed by atoms with Crippen molar-refractivity contribution in [3.8, 4) is 0 Å². The Morgan fingerprint density at radius 1 is 1.20 bits per heavy atom. The van der Waals surface area contributed by atoms with Crippen molar-refractivity contribution in [1.82, 2.24) is 0 Å². The number of halogens is 1. The van der Waals surface area contributed by atoms with Crippen molar-refractivity contribution in [1.29, 1.82) is 0 Å². The molecule has 2 atom stereocenters. The second-order valence-corrected chi connectivity index (χ2v) is 7.58. The third-order valence-corrected chi connectivity index (χ3v) is 5.30. The zero-order chi connectivity index (χ0) is 17.8. The second kappa shape index (κ2) is 7.93. The summed E-state index contributed by atoms with van der Waals surface area (Å²) < 4.78 is 5.07. The number of nitrogens with one attached hydrogen (secondary N) is 1. The minimum Gasteiger partial charge on any atom is -0.455 e. The average Bonchev–Trinajstić information content (AvgIpc) is 3.33. The number of para-hydroxylation sites is 1. The van der Waals surface area contributed by atoms with Crippen LogP contribution in [0.25, 0.3) is 0 Å². The summed E-state index contributed by atoms with van der Waals surface area (Å²) in [6.45, 7) is 1.73. The summed E-state index contributed by atoms with van der Waals surface area (Å²) in [5.74, 6) is -0.301. The molecule has 0 saturated heterocycles. The van der Waals surface area contributed by atoms with Crippen LogP contribution < -0.4 is 5.32 Å². The van der Waals surface area contributed by atoms with Gasteiger partial charge in [-0.05, 0) is 48.7 Å². The number of hydrogen-bond donors (Lipinski definition) is 1. The monoisotopic (exact) mass is 375 g/mol. The lowest BCUT2D eigenvalue weighted by Gasteiger charge is -2.11. The quantitative estimate of drug-likeness (QED) is 0.748. The van der Waals surface area contributed by atoms with Crippen LogP contribution >= 0.6 is 23.4 Å². The molecular formula is C19H18ClNO3S. The van der Waals surface area contributed by atoms with Gasteiger partial charge in [-0.15, -0.1) is 0 Å². The van der Waals surface area contributed by atoms with Crippen LogP contribution in [-0.2, 0) is 14.3 Å². The molecule has 1 N–H and O–H groups in total. The molecule has 1 aliphatic carbocycles. The number of carbonyl (C=O) groups excluding carboxylic acids is 2. The van der Waals surface area contributed by atoms with Gasteiger partial charge in [-0.2, -0.15) is 0 Å². The Balaban J connectivity index is 1.59. The average molecular weight is 376 g/mol. The van der Waals surface area contributed by atoms with Gasteiger partial charge in [-0.1, -0.05) is 42.4 Å². The number of esters is 1. The van der Waals surface area contributed by atoms with Gasteiger partial charge in [0.25, 0.3) is 5.91 Å². The largest absolute Gasteiger partial charge is 0.455 e. The predicted molar refractivity (Wildman–Crippen MR) is 98.9 cm³/mol. The number of ether oxygens (including phenoxy) is 1. The van der Waals surface area contributed by atoms with E-state index in [4.69, 9.17) is 16.3 Å². The normalized spacial score (nSPS) is 18.5. The molecule has 0 aromatic heterocycles. The molecule has 4 nitrogen and oxygen atoms in total. The first-order valence-corrected chi connectivity index (χ1v) is 9.21. The number of carbonyl (C=O) groups is 2. The maximum Gasteiger partial charge on any atom is 0.309 e. The molecule has 0 radical (unpaired) electrons. The third kappa shape index (κ3) is 5.00. The molecule has 0 spiro atoms. The zero-order valence-corrected chi connectivity index (χ0v) is 15.3. The van der Waals surface area contributed by atoms with E-state index in [-0.39, 0.29) is 24.4 Å². The van der Waals surface area contributed by atoms with Gasteiger partial charge in [0, 0.05) is 14.8 Å². The minimum atomic E-state index is -0.342. The first-order valence-electron chi connectivity index (χ1n) is 8.02. The Morgan fingerprint density at radius 3 is 2.56 bits per heavy atom. The Morgan fingerprint density at radius 2 is 1.88 bits per heavy atom. The summed E-state index contributed by atoms with van der Waals surface area (Å²) in [6.07, 6.45) is 0.848. The van der Waals surface area contributed by atoms with Crippen molar-refractivity contribution in [3.05, 3.63) is 53.6 Å². The van der Waals surface area contributed by atoms with Crippen molar-refractivity contribution < 1.29 is 14.3 Å². The number of benzene rings is 2. The standard InChI is InChI=1S/C19H18ClNO3S/c1-12-10-15(12)19(23)24-11-18(22)21-16-4-2-3-5-17(16)25-14-8-6-13(20)7-9-14/h2-9,12,15H,10-11H2,1H3,(H,21,22)/t12-,15-/m0/s1. The van der Waals surface area contributed by atoms with Crippen LogP contribution in [0.4, 0.5) is 5.69 Å². The number of amides is 1. The van der Waals surface area contributed by atoms with Crippen LogP contribution in [0, 0.1) is 11.8 Å². The Hall–Kier alpha value is -1.98. The SMILES string of the molecule is C[C@H]1C[C@@H]1C(=O)OCC(=O)Nc1ccccc1Sc1ccc(Cl)cc1. The third-order valence-electron chi connectivity index (χ3n) is 3.96. The smallest absolute Gasteiger partial charge is 0.309 e. The Kier molecular flexibility index (Phi) is 5.66. The van der Waals surface area contributed by atoms with Crippen LogP contribution in [0.1, 0.15) is 13.3 Å². The molecule has 3 rings (SSSR count). The van der Waals surface area contributed by atoms with Crippen LogP contribution in [0.15, 0.2) is 58.3 Å². The van der Waals surface area contributed by atoms with Gasteiger partial charge >= 0.3 is 5.97 Å². The fourth-order valence-corrected chi connectivity index (χ4v) is 3.40. The van der Waals surface area contributed by atoms with E-state index < -0.39 is 0 Å². The van der Waals surface area contributed by atoms with E-state index in [2.05, 4.69) is 5.32 Å². The molecular weight excluding hydrogens is 358 g/mol. The van der Waals surface area contributed by atoms with Crippen LogP contribution in [0.5, 0.6) is 0 Å². The van der Waals surface area contributed by atoms with Gasteiger partial charge in [0.15, 0.2) is 6.61 Å². The predicted octanol–water partition coefficient (Wildman–Crippen LogP) is 4.63. The van der Waals surface area contributed by atoms with E-state index in [9.17, 15) is 9.59 Å². The van der Waals surface area contributed by atoms with Crippen LogP contribution in [0.3, 0.4) is 0 Å². The van der Waals surface area contributed by atoms with Gasteiger partial charge in [0.05, 0.1) is 11.6 Å². The van der Waals surface area contributed by atoms with E-state index in [1.807, 2.05) is 55.5 Å². The molecule has 0 aliphatic heterocycles. The Labute approximate surface area is 155 Å². The lowest BCUT2D eigenvalue weighted by Crippen LogP contribution is -2.22. The van der Waals surface area contributed by atoms with E-state index in [1.54, 1.807) is 0 Å². The maximum atomic E-state index is 12.1. The molecule has 2 aromatic carbocycles. The molecule has 6 heteroatoms. The van der Waals surface area contributed by atoms with Crippen molar-refractivity contribution in [2.75, 3.05) is 11.9 Å². The van der Waals surface area contributed by atoms with Gasteiger partial charge in [0.1, 0.15) is 0 Å². The highest BCUT2D eigenvalue weighted by Gasteiger charge is 2.40. The lowest BCUT2D eigenvalue weighted by atomic mass is 10.3. The number of rotatable bonds is 6. The van der Waals surface area contributed by atoms with Gasteiger partial charge in [-0.3, -0.25) is 9.59 Å². The molecule has 1 aliphatic rings.